The number of benzene rings is 2. The van der Waals surface area contributed by atoms with Gasteiger partial charge in [0.2, 0.25) is 11.1 Å². The Labute approximate surface area is 170 Å². The molecule has 10 heteroatoms. The first kappa shape index (κ1) is 19.0. The molecule has 0 aliphatic rings. The van der Waals surface area contributed by atoms with Gasteiger partial charge in [-0.3, -0.25) is 0 Å². The molecule has 0 aliphatic heterocycles. The molecule has 0 spiro atoms. The minimum absolute atomic E-state index is 0.0626. The van der Waals surface area contributed by atoms with Crippen molar-refractivity contribution in [3.8, 4) is 11.5 Å². The summed E-state index contributed by atoms with van der Waals surface area (Å²) in [5.41, 5.74) is -0.137. The first-order valence-corrected chi connectivity index (χ1v) is 9.70. The van der Waals surface area contributed by atoms with E-state index in [1.165, 1.54) is 18.2 Å². The Hall–Kier alpha value is -0.300. The number of phenols is 1. The minimum atomic E-state index is -2.20. The van der Waals surface area contributed by atoms with Crippen LogP contribution in [0.5, 0.6) is 11.5 Å². The molecule has 2 N–H and O–H groups in total. The number of rotatable bonds is 4. The summed E-state index contributed by atoms with van der Waals surface area (Å²) < 4.78 is 18.8. The summed E-state index contributed by atoms with van der Waals surface area (Å²) in [6, 6.07) is 5.59. The number of carboxylic acid groups (broad SMARTS) is 1. The number of carboxylic acids is 1. The van der Waals surface area contributed by atoms with E-state index in [2.05, 4.69) is 0 Å². The van der Waals surface area contributed by atoms with Crippen LogP contribution in [0.4, 0.5) is 0 Å². The molecule has 2 rings (SSSR count). The normalized spacial score (nSPS) is 12.0. The minimum Gasteiger partial charge on any atom is -0.505 e. The summed E-state index contributed by atoms with van der Waals surface area (Å²) in [5, 5.41) is 19.2. The fraction of sp³-hybridized carbons (Fsp3) is 0. The first-order chi connectivity index (χ1) is 10.7. The smallest absolute Gasteiger partial charge is 0.339 e. The lowest BCUT2D eigenvalue weighted by Gasteiger charge is -2.12. The van der Waals surface area contributed by atoms with Crippen molar-refractivity contribution in [2.24, 2.45) is 0 Å². The van der Waals surface area contributed by atoms with Crippen LogP contribution in [0.15, 0.2) is 29.2 Å². The number of hydrogen-bond acceptors (Lipinski definition) is 4. The van der Waals surface area contributed by atoms with Crippen molar-refractivity contribution < 1.29 is 23.4 Å². The quantitative estimate of drug-likeness (QED) is 0.498. The molecule has 0 saturated carbocycles. The maximum absolute atomic E-state index is 12.4. The number of hydrogen-bond donors (Lipinski definition) is 2. The predicted octanol–water partition coefficient (Wildman–Crippen LogP) is 4.71. The fourth-order valence-corrected chi connectivity index (χ4v) is 5.22. The molecule has 0 amide bonds. The van der Waals surface area contributed by atoms with E-state index >= 15 is 0 Å². The lowest BCUT2D eigenvalue weighted by molar-refractivity contribution is 0.0695. The average molecular weight is 599 g/mol. The van der Waals surface area contributed by atoms with Crippen molar-refractivity contribution in [1.29, 1.82) is 0 Å². The molecule has 122 valence electrons. The molecule has 0 heterocycles. The van der Waals surface area contributed by atoms with Gasteiger partial charge in [-0.25, -0.2) is 9.00 Å². The van der Waals surface area contributed by atoms with Crippen LogP contribution in [0.25, 0.3) is 0 Å². The van der Waals surface area contributed by atoms with Crippen molar-refractivity contribution >= 4 is 85.4 Å². The van der Waals surface area contributed by atoms with E-state index in [-0.39, 0.29) is 26.3 Å². The van der Waals surface area contributed by atoms with Crippen molar-refractivity contribution in [2.45, 2.75) is 4.90 Å². The maximum Gasteiger partial charge on any atom is 0.339 e. The Morgan fingerprint density at radius 2 is 1.83 bits per heavy atom. The number of carbonyl (C=O) groups is 1. The zero-order chi connectivity index (χ0) is 17.3. The number of aromatic carboxylic acids is 1. The van der Waals surface area contributed by atoms with Gasteiger partial charge < -0.3 is 14.4 Å². The molecule has 5 nitrogen and oxygen atoms in total. The van der Waals surface area contributed by atoms with E-state index in [1.54, 1.807) is 6.07 Å². The van der Waals surface area contributed by atoms with Crippen LogP contribution in [0.3, 0.4) is 0 Å². The molecule has 0 radical (unpaired) electrons. The molecule has 0 bridgehead atoms. The largest absolute Gasteiger partial charge is 0.505 e. The zero-order valence-corrected chi connectivity index (χ0v) is 17.5. The average Bonchev–Trinajstić information content (AvgIpc) is 2.44. The third-order valence-corrected chi connectivity index (χ3v) is 5.49. The van der Waals surface area contributed by atoms with Crippen molar-refractivity contribution in [1.82, 2.24) is 0 Å². The molecule has 1 atom stereocenters. The lowest BCUT2D eigenvalue weighted by Crippen LogP contribution is -2.08. The van der Waals surface area contributed by atoms with Crippen LogP contribution >= 0.6 is 68.4 Å². The van der Waals surface area contributed by atoms with Crippen LogP contribution in [0.2, 0.25) is 10.0 Å². The van der Waals surface area contributed by atoms with E-state index in [4.69, 9.17) is 27.4 Å². The molecule has 2 aromatic rings. The molecule has 0 fully saturated rings. The zero-order valence-electron chi connectivity index (χ0n) is 10.8. The van der Waals surface area contributed by atoms with Crippen molar-refractivity contribution in [3.05, 3.63) is 47.0 Å². The Morgan fingerprint density at radius 3 is 2.43 bits per heavy atom. The highest BCUT2D eigenvalue weighted by molar-refractivity contribution is 14.1. The van der Waals surface area contributed by atoms with Crippen LogP contribution in [-0.4, -0.2) is 20.4 Å². The molecular weight excluding hydrogens is 593 g/mol. The molecule has 23 heavy (non-hydrogen) atoms. The first-order valence-electron chi connectivity index (χ1n) is 5.71. The van der Waals surface area contributed by atoms with Gasteiger partial charge in [-0.2, -0.15) is 0 Å². The molecule has 0 saturated heterocycles. The maximum atomic E-state index is 12.4. The van der Waals surface area contributed by atoms with E-state index in [0.29, 0.717) is 7.14 Å². The van der Waals surface area contributed by atoms with E-state index < -0.39 is 22.8 Å². The van der Waals surface area contributed by atoms with Gasteiger partial charge in [0.1, 0.15) is 10.5 Å². The van der Waals surface area contributed by atoms with Crippen LogP contribution < -0.4 is 4.18 Å². The van der Waals surface area contributed by atoms with Gasteiger partial charge in [0.25, 0.3) is 0 Å². The highest BCUT2D eigenvalue weighted by Gasteiger charge is 2.22. The summed E-state index contributed by atoms with van der Waals surface area (Å²) in [5.74, 6) is -1.72. The molecule has 1 unspecified atom stereocenters. The lowest BCUT2D eigenvalue weighted by atomic mass is 10.2. The van der Waals surface area contributed by atoms with Crippen LogP contribution in [0, 0.1) is 7.14 Å². The monoisotopic (exact) mass is 598 g/mol. The SMILES string of the molecule is O=C(O)c1cc(I)cc(I)c1OS(=O)c1cc(Cl)cc(Cl)c1O. The summed E-state index contributed by atoms with van der Waals surface area (Å²) in [7, 11) is 0. The second-order valence-electron chi connectivity index (χ2n) is 4.12. The Balaban J connectivity index is 2.48. The van der Waals surface area contributed by atoms with E-state index in [1.807, 2.05) is 45.2 Å². The van der Waals surface area contributed by atoms with Crippen molar-refractivity contribution in [3.63, 3.8) is 0 Å². The van der Waals surface area contributed by atoms with Gasteiger partial charge in [0.05, 0.1) is 8.59 Å². The van der Waals surface area contributed by atoms with Gasteiger partial charge in [0, 0.05) is 8.59 Å². The summed E-state index contributed by atoms with van der Waals surface area (Å²) >= 11 is 13.2. The second-order valence-corrected chi connectivity index (χ2v) is 8.45. The van der Waals surface area contributed by atoms with Gasteiger partial charge in [-0.15, -0.1) is 0 Å². The predicted molar refractivity (Wildman–Crippen MR) is 104 cm³/mol. The number of halogens is 4. The molecule has 0 aromatic heterocycles. The molecular formula is C13H6Cl2I2O5S. The summed E-state index contributed by atoms with van der Waals surface area (Å²) in [4.78, 5) is 11.2. The second kappa shape index (κ2) is 7.72. The topological polar surface area (TPSA) is 83.8 Å². The van der Waals surface area contributed by atoms with E-state index in [9.17, 15) is 19.2 Å². The number of phenolic OH excluding ortho intramolecular Hbond substituents is 1. The Kier molecular flexibility index (Phi) is 6.39. The fourth-order valence-electron chi connectivity index (χ4n) is 1.59. The van der Waals surface area contributed by atoms with Crippen LogP contribution in [0.1, 0.15) is 10.4 Å². The summed E-state index contributed by atoms with van der Waals surface area (Å²) in [6.45, 7) is 0. The summed E-state index contributed by atoms with van der Waals surface area (Å²) in [6.07, 6.45) is 0. The Morgan fingerprint density at radius 1 is 1.17 bits per heavy atom. The highest BCUT2D eigenvalue weighted by Crippen LogP contribution is 2.36. The molecule has 0 aliphatic carbocycles. The van der Waals surface area contributed by atoms with Gasteiger partial charge in [-0.05, 0) is 69.4 Å². The Bertz CT molecular complexity index is 828. The number of aromatic hydroxyl groups is 1. The third-order valence-electron chi connectivity index (χ3n) is 2.57. The highest BCUT2D eigenvalue weighted by atomic mass is 127. The third kappa shape index (κ3) is 4.41. The molecule has 2 aromatic carbocycles. The van der Waals surface area contributed by atoms with Gasteiger partial charge in [0.15, 0.2) is 11.5 Å². The van der Waals surface area contributed by atoms with E-state index in [0.717, 1.165) is 0 Å². The standard InChI is InChI=1S/C13H6Cl2I2O5S/c14-5-1-8(15)11(18)10(2-5)23(21)22-12-7(13(19)20)3-6(16)4-9(12)17/h1-4,18H,(H,19,20). The van der Waals surface area contributed by atoms with Gasteiger partial charge >= 0.3 is 5.97 Å². The van der Waals surface area contributed by atoms with Crippen molar-refractivity contribution in [2.75, 3.05) is 0 Å². The van der Waals surface area contributed by atoms with Crippen LogP contribution in [-0.2, 0) is 11.1 Å². The van der Waals surface area contributed by atoms with Gasteiger partial charge in [-0.1, -0.05) is 23.2 Å².